The molecule has 8 nitrogen and oxygen atoms in total. The summed E-state index contributed by atoms with van der Waals surface area (Å²) in [6, 6.07) is 16.7. The van der Waals surface area contributed by atoms with Crippen molar-refractivity contribution in [1.82, 2.24) is 15.1 Å². The molecule has 0 saturated carbocycles. The predicted octanol–water partition coefficient (Wildman–Crippen LogP) is 3.51. The van der Waals surface area contributed by atoms with E-state index in [9.17, 15) is 9.59 Å². The van der Waals surface area contributed by atoms with Crippen LogP contribution in [-0.2, 0) is 16.2 Å². The van der Waals surface area contributed by atoms with Crippen molar-refractivity contribution in [2.45, 2.75) is 26.4 Å². The maximum Gasteiger partial charge on any atom is 0.254 e. The van der Waals surface area contributed by atoms with E-state index in [1.165, 1.54) is 0 Å². The van der Waals surface area contributed by atoms with Gasteiger partial charge in [0.2, 0.25) is 17.7 Å². The molecule has 160 valence electrons. The zero-order valence-corrected chi connectivity index (χ0v) is 17.3. The van der Waals surface area contributed by atoms with Gasteiger partial charge in [-0.2, -0.15) is 0 Å². The third-order valence-corrected chi connectivity index (χ3v) is 5.26. The summed E-state index contributed by atoms with van der Waals surface area (Å²) in [5.41, 5.74) is 1.51. The Morgan fingerprint density at radius 1 is 1.10 bits per heavy atom. The van der Waals surface area contributed by atoms with Crippen LogP contribution in [0.2, 0.25) is 0 Å². The summed E-state index contributed by atoms with van der Waals surface area (Å²) in [4.78, 5) is 25.8. The Bertz CT molecular complexity index is 1040. The summed E-state index contributed by atoms with van der Waals surface area (Å²) in [7, 11) is 0. The molecule has 4 rings (SSSR count). The number of benzene rings is 2. The van der Waals surface area contributed by atoms with E-state index < -0.39 is 0 Å². The second-order valence-electron chi connectivity index (χ2n) is 7.45. The van der Waals surface area contributed by atoms with Gasteiger partial charge in [-0.15, -0.1) is 10.2 Å². The van der Waals surface area contributed by atoms with Crippen molar-refractivity contribution < 1.29 is 18.7 Å². The number of amides is 2. The van der Waals surface area contributed by atoms with Crippen LogP contribution in [0.1, 0.15) is 25.7 Å². The van der Waals surface area contributed by atoms with Crippen LogP contribution < -0.4 is 10.1 Å². The van der Waals surface area contributed by atoms with Gasteiger partial charge in [-0.25, -0.2) is 0 Å². The molecule has 2 aromatic carbocycles. The molecule has 1 saturated heterocycles. The molecule has 31 heavy (non-hydrogen) atoms. The average molecular weight is 420 g/mol. The number of hydrogen-bond donors (Lipinski definition) is 1. The first kappa shape index (κ1) is 20.6. The highest BCUT2D eigenvalue weighted by Gasteiger charge is 2.26. The van der Waals surface area contributed by atoms with Crippen LogP contribution in [-0.4, -0.2) is 40.0 Å². The smallest absolute Gasteiger partial charge is 0.254 e. The maximum absolute atomic E-state index is 12.6. The van der Waals surface area contributed by atoms with E-state index in [2.05, 4.69) is 15.5 Å². The number of anilines is 1. The molecule has 0 unspecified atom stereocenters. The lowest BCUT2D eigenvalue weighted by atomic mass is 9.96. The van der Waals surface area contributed by atoms with E-state index in [-0.39, 0.29) is 24.3 Å². The number of carbonyl (C=O) groups is 2. The lowest BCUT2D eigenvalue weighted by molar-refractivity contribution is -0.132. The van der Waals surface area contributed by atoms with Gasteiger partial charge >= 0.3 is 0 Å². The molecular formula is C23H24N4O4. The second kappa shape index (κ2) is 9.42. The second-order valence-corrected chi connectivity index (χ2v) is 7.45. The number of piperidine rings is 1. The Morgan fingerprint density at radius 2 is 1.87 bits per heavy atom. The zero-order valence-electron chi connectivity index (χ0n) is 17.3. The molecular weight excluding hydrogens is 396 g/mol. The van der Waals surface area contributed by atoms with E-state index in [0.29, 0.717) is 49.1 Å². The molecule has 1 aromatic heterocycles. The molecule has 0 spiro atoms. The first-order valence-electron chi connectivity index (χ1n) is 10.3. The van der Waals surface area contributed by atoms with Gasteiger partial charge in [0.25, 0.3) is 5.89 Å². The quantitative estimate of drug-likeness (QED) is 0.655. The monoisotopic (exact) mass is 420 g/mol. The molecule has 1 N–H and O–H groups in total. The highest BCUT2D eigenvalue weighted by molar-refractivity contribution is 5.92. The lowest BCUT2D eigenvalue weighted by Crippen LogP contribution is -2.40. The minimum Gasteiger partial charge on any atom is -0.484 e. The molecule has 3 aromatic rings. The highest BCUT2D eigenvalue weighted by Crippen LogP contribution is 2.23. The lowest BCUT2D eigenvalue weighted by Gasteiger charge is -2.30. The number of nitrogens with zero attached hydrogens (tertiary/aromatic N) is 3. The van der Waals surface area contributed by atoms with E-state index in [1.807, 2.05) is 42.5 Å². The normalized spacial score (nSPS) is 14.3. The minimum atomic E-state index is -0.102. The Morgan fingerprint density at radius 3 is 2.61 bits per heavy atom. The summed E-state index contributed by atoms with van der Waals surface area (Å²) < 4.78 is 11.4. The topological polar surface area (TPSA) is 97.6 Å². The maximum atomic E-state index is 12.6. The van der Waals surface area contributed by atoms with Crippen LogP contribution in [0, 0.1) is 5.92 Å². The number of aromatic nitrogens is 2. The van der Waals surface area contributed by atoms with Crippen molar-refractivity contribution in [1.29, 1.82) is 0 Å². The summed E-state index contributed by atoms with van der Waals surface area (Å²) in [5, 5.41) is 11.0. The van der Waals surface area contributed by atoms with Crippen LogP contribution in [0.3, 0.4) is 0 Å². The van der Waals surface area contributed by atoms with Crippen molar-refractivity contribution in [3.05, 3.63) is 60.5 Å². The fourth-order valence-electron chi connectivity index (χ4n) is 3.52. The van der Waals surface area contributed by atoms with E-state index in [4.69, 9.17) is 9.15 Å². The van der Waals surface area contributed by atoms with Gasteiger partial charge in [0.1, 0.15) is 5.75 Å². The molecule has 1 aliphatic heterocycles. The van der Waals surface area contributed by atoms with Crippen LogP contribution in [0.5, 0.6) is 5.75 Å². The minimum absolute atomic E-state index is 0.0373. The van der Waals surface area contributed by atoms with Crippen molar-refractivity contribution in [3.8, 4) is 17.2 Å². The van der Waals surface area contributed by atoms with Crippen LogP contribution in [0.4, 0.5) is 5.69 Å². The molecule has 1 fully saturated rings. The summed E-state index contributed by atoms with van der Waals surface area (Å²) in [6.45, 7) is 2.92. The Hall–Kier alpha value is -3.68. The van der Waals surface area contributed by atoms with Gasteiger partial charge in [-0.05, 0) is 37.1 Å². The molecule has 0 aliphatic carbocycles. The number of carbonyl (C=O) groups excluding carboxylic acids is 2. The van der Waals surface area contributed by atoms with E-state index in [0.717, 1.165) is 5.56 Å². The van der Waals surface area contributed by atoms with Crippen LogP contribution in [0.15, 0.2) is 59.0 Å². The summed E-state index contributed by atoms with van der Waals surface area (Å²) >= 11 is 0. The van der Waals surface area contributed by atoms with Gasteiger partial charge in [0, 0.05) is 43.2 Å². The van der Waals surface area contributed by atoms with E-state index >= 15 is 0 Å². The van der Waals surface area contributed by atoms with Crippen LogP contribution in [0.25, 0.3) is 11.5 Å². The summed E-state index contributed by atoms with van der Waals surface area (Å²) in [6.07, 6.45) is 1.34. The van der Waals surface area contributed by atoms with Crippen LogP contribution >= 0.6 is 0 Å². The highest BCUT2D eigenvalue weighted by atomic mass is 16.5. The number of rotatable bonds is 6. The fraction of sp³-hybridized carbons (Fsp3) is 0.304. The van der Waals surface area contributed by atoms with Crippen molar-refractivity contribution in [3.63, 3.8) is 0 Å². The van der Waals surface area contributed by atoms with Crippen molar-refractivity contribution in [2.75, 3.05) is 18.4 Å². The van der Waals surface area contributed by atoms with Crippen molar-refractivity contribution >= 4 is 17.5 Å². The van der Waals surface area contributed by atoms with Gasteiger partial charge in [-0.1, -0.05) is 24.3 Å². The zero-order chi connectivity index (χ0) is 21.6. The molecule has 8 heteroatoms. The fourth-order valence-corrected chi connectivity index (χ4v) is 3.52. The molecule has 1 aliphatic rings. The number of nitrogens with one attached hydrogen (secondary N) is 1. The standard InChI is InChI=1S/C23H24N4O4/c1-16(28)27-12-10-17(11-13-27)22(29)24-19-8-5-9-20(14-19)30-15-21-25-26-23(31-21)18-6-3-2-4-7-18/h2-9,14,17H,10-13,15H2,1H3,(H,24,29). The first-order valence-corrected chi connectivity index (χ1v) is 10.3. The SMILES string of the molecule is CC(=O)N1CCC(C(=O)Nc2cccc(OCc3nnc(-c4ccccc4)o3)c2)CC1. The van der Waals surface area contributed by atoms with Crippen molar-refractivity contribution in [2.24, 2.45) is 5.92 Å². The molecule has 0 bridgehead atoms. The van der Waals surface area contributed by atoms with Gasteiger partial charge in [0.05, 0.1) is 0 Å². The molecule has 0 atom stereocenters. The van der Waals surface area contributed by atoms with Gasteiger partial charge in [-0.3, -0.25) is 9.59 Å². The largest absolute Gasteiger partial charge is 0.484 e. The van der Waals surface area contributed by atoms with E-state index in [1.54, 1.807) is 24.0 Å². The Labute approximate surface area is 180 Å². The third-order valence-electron chi connectivity index (χ3n) is 5.26. The predicted molar refractivity (Wildman–Crippen MR) is 114 cm³/mol. The summed E-state index contributed by atoms with van der Waals surface area (Å²) in [5.74, 6) is 1.31. The molecule has 2 amide bonds. The Kier molecular flexibility index (Phi) is 6.26. The number of likely N-dealkylation sites (tertiary alicyclic amines) is 1. The first-order chi connectivity index (χ1) is 15.1. The average Bonchev–Trinajstić information content (AvgIpc) is 3.28. The number of ether oxygens (including phenoxy) is 1. The number of hydrogen-bond acceptors (Lipinski definition) is 6. The molecule has 2 heterocycles. The Balaban J connectivity index is 1.31. The molecule has 0 radical (unpaired) electrons. The van der Waals surface area contributed by atoms with Gasteiger partial charge < -0.3 is 19.4 Å². The van der Waals surface area contributed by atoms with Gasteiger partial charge in [0.15, 0.2) is 6.61 Å². The third kappa shape index (κ3) is 5.28.